The van der Waals surface area contributed by atoms with E-state index < -0.39 is 0 Å². The van der Waals surface area contributed by atoms with Crippen molar-refractivity contribution in [1.82, 2.24) is 9.97 Å². The fourth-order valence-electron chi connectivity index (χ4n) is 1.19. The second kappa shape index (κ2) is 3.88. The van der Waals surface area contributed by atoms with Crippen LogP contribution in [-0.4, -0.2) is 15.8 Å². The lowest BCUT2D eigenvalue weighted by molar-refractivity contribution is 1.12. The van der Waals surface area contributed by atoms with Crippen LogP contribution in [0.15, 0.2) is 36.5 Å². The number of nitrogens with zero attached hydrogens (tertiary/aromatic N) is 2. The highest BCUT2D eigenvalue weighted by Gasteiger charge is 2.03. The van der Waals surface area contributed by atoms with Crippen LogP contribution in [-0.2, 0) is 0 Å². The van der Waals surface area contributed by atoms with Crippen LogP contribution >= 0.6 is 0 Å². The molecule has 15 heavy (non-hydrogen) atoms. The maximum Gasteiger partial charge on any atom is 0.195 e. The minimum Gasteiger partial charge on any atom is -0.381 e. The highest BCUT2D eigenvalue weighted by molar-refractivity contribution is 5.91. The fraction of sp³-hybridized carbons (Fsp3) is 0. The van der Waals surface area contributed by atoms with Crippen LogP contribution in [0.2, 0.25) is 0 Å². The quantitative estimate of drug-likeness (QED) is 0.561. The van der Waals surface area contributed by atoms with E-state index in [0.29, 0.717) is 0 Å². The SMILES string of the molecule is N=C(N)c1nccc(-c2[c]cccc2)n1. The van der Waals surface area contributed by atoms with Gasteiger partial charge in [0.1, 0.15) is 0 Å². The molecule has 1 radical (unpaired) electrons. The van der Waals surface area contributed by atoms with Crippen molar-refractivity contribution in [3.05, 3.63) is 48.4 Å². The van der Waals surface area contributed by atoms with Crippen molar-refractivity contribution in [2.45, 2.75) is 0 Å². The Hall–Kier alpha value is -2.23. The number of nitrogens with two attached hydrogens (primary N) is 1. The van der Waals surface area contributed by atoms with Gasteiger partial charge in [-0.15, -0.1) is 0 Å². The molecule has 1 aromatic carbocycles. The molecule has 2 rings (SSSR count). The zero-order valence-corrected chi connectivity index (χ0v) is 7.94. The Kier molecular flexibility index (Phi) is 2.41. The molecule has 0 saturated carbocycles. The lowest BCUT2D eigenvalue weighted by Crippen LogP contribution is -2.15. The number of rotatable bonds is 2. The van der Waals surface area contributed by atoms with E-state index in [-0.39, 0.29) is 11.7 Å². The largest absolute Gasteiger partial charge is 0.381 e. The Bertz CT molecular complexity index is 479. The lowest BCUT2D eigenvalue weighted by atomic mass is 10.1. The molecule has 0 atom stereocenters. The van der Waals surface area contributed by atoms with Gasteiger partial charge >= 0.3 is 0 Å². The van der Waals surface area contributed by atoms with E-state index >= 15 is 0 Å². The van der Waals surface area contributed by atoms with Crippen LogP contribution in [0.3, 0.4) is 0 Å². The normalized spacial score (nSPS) is 9.87. The number of hydrogen-bond donors (Lipinski definition) is 2. The van der Waals surface area contributed by atoms with Gasteiger partial charge in [-0.2, -0.15) is 0 Å². The van der Waals surface area contributed by atoms with Gasteiger partial charge in [0.25, 0.3) is 0 Å². The Morgan fingerprint density at radius 2 is 2.20 bits per heavy atom. The topological polar surface area (TPSA) is 75.7 Å². The van der Waals surface area contributed by atoms with Crippen LogP contribution in [0, 0.1) is 11.5 Å². The summed E-state index contributed by atoms with van der Waals surface area (Å²) in [5.74, 6) is 0.109. The first kappa shape index (κ1) is 9.33. The van der Waals surface area contributed by atoms with Gasteiger partial charge in [-0.1, -0.05) is 24.3 Å². The number of nitrogen functional groups attached to an aromatic ring is 1. The zero-order valence-electron chi connectivity index (χ0n) is 7.94. The number of amidine groups is 1. The molecule has 0 amide bonds. The summed E-state index contributed by atoms with van der Waals surface area (Å²) in [6.45, 7) is 0. The predicted molar refractivity (Wildman–Crippen MR) is 57.3 cm³/mol. The molecule has 4 heteroatoms. The first-order valence-electron chi connectivity index (χ1n) is 4.42. The van der Waals surface area contributed by atoms with Crippen LogP contribution in [0.4, 0.5) is 0 Å². The third-order valence-electron chi connectivity index (χ3n) is 1.88. The Labute approximate surface area is 87.3 Å². The number of nitrogens with one attached hydrogen (secondary N) is 1. The van der Waals surface area contributed by atoms with Gasteiger partial charge in [0.05, 0.1) is 5.69 Å². The molecule has 0 aliphatic rings. The van der Waals surface area contributed by atoms with Gasteiger partial charge in [-0.3, -0.25) is 5.41 Å². The molecule has 4 nitrogen and oxygen atoms in total. The monoisotopic (exact) mass is 197 g/mol. The summed E-state index contributed by atoms with van der Waals surface area (Å²) in [5.41, 5.74) is 6.89. The molecule has 0 aliphatic heterocycles. The standard InChI is InChI=1S/C11H9N4/c12-10(13)11-14-7-6-9(15-11)8-4-2-1-3-5-8/h1-4,6-7H,(H3,12,13). The summed E-state index contributed by atoms with van der Waals surface area (Å²) in [7, 11) is 0. The molecule has 3 N–H and O–H groups in total. The fourth-order valence-corrected chi connectivity index (χ4v) is 1.19. The van der Waals surface area contributed by atoms with Crippen LogP contribution in [0.25, 0.3) is 11.3 Å². The van der Waals surface area contributed by atoms with Crippen molar-refractivity contribution in [2.75, 3.05) is 0 Å². The third kappa shape index (κ3) is 1.99. The summed E-state index contributed by atoms with van der Waals surface area (Å²) < 4.78 is 0. The molecule has 1 aromatic heterocycles. The smallest absolute Gasteiger partial charge is 0.195 e. The van der Waals surface area contributed by atoms with Crippen LogP contribution in [0.1, 0.15) is 5.82 Å². The summed E-state index contributed by atoms with van der Waals surface area (Å²) in [6, 6.07) is 12.3. The predicted octanol–water partition coefficient (Wildman–Crippen LogP) is 1.23. The highest BCUT2D eigenvalue weighted by atomic mass is 14.9. The first-order chi connectivity index (χ1) is 7.27. The molecule has 73 valence electrons. The molecule has 0 unspecified atom stereocenters. The third-order valence-corrected chi connectivity index (χ3v) is 1.88. The zero-order chi connectivity index (χ0) is 10.7. The molecule has 1 heterocycles. The van der Waals surface area contributed by atoms with E-state index in [4.69, 9.17) is 11.1 Å². The molecule has 2 aromatic rings. The molecule has 0 spiro atoms. The van der Waals surface area contributed by atoms with E-state index in [2.05, 4.69) is 16.0 Å². The highest BCUT2D eigenvalue weighted by Crippen LogP contribution is 2.14. The van der Waals surface area contributed by atoms with Crippen molar-refractivity contribution in [3.63, 3.8) is 0 Å². The van der Waals surface area contributed by atoms with Gasteiger partial charge in [0.15, 0.2) is 11.7 Å². The molecule has 0 fully saturated rings. The van der Waals surface area contributed by atoms with Gasteiger partial charge in [-0.25, -0.2) is 9.97 Å². The van der Waals surface area contributed by atoms with E-state index in [9.17, 15) is 0 Å². The Balaban J connectivity index is 2.46. The van der Waals surface area contributed by atoms with Gasteiger partial charge < -0.3 is 5.73 Å². The number of aromatic nitrogens is 2. The summed E-state index contributed by atoms with van der Waals surface area (Å²) in [5, 5.41) is 7.24. The number of hydrogen-bond acceptors (Lipinski definition) is 3. The second-order valence-electron chi connectivity index (χ2n) is 2.96. The van der Waals surface area contributed by atoms with Crippen LogP contribution < -0.4 is 5.73 Å². The molecule has 0 saturated heterocycles. The van der Waals surface area contributed by atoms with Crippen molar-refractivity contribution >= 4 is 5.84 Å². The van der Waals surface area contributed by atoms with E-state index in [1.165, 1.54) is 0 Å². The molecule has 0 bridgehead atoms. The lowest BCUT2D eigenvalue weighted by Gasteiger charge is -2.01. The van der Waals surface area contributed by atoms with E-state index in [1.54, 1.807) is 12.3 Å². The van der Waals surface area contributed by atoms with Crippen molar-refractivity contribution < 1.29 is 0 Å². The average Bonchev–Trinajstić information content (AvgIpc) is 2.30. The van der Waals surface area contributed by atoms with Crippen LogP contribution in [0.5, 0.6) is 0 Å². The van der Waals surface area contributed by atoms with E-state index in [0.717, 1.165) is 11.3 Å². The van der Waals surface area contributed by atoms with Crippen molar-refractivity contribution in [1.29, 1.82) is 5.41 Å². The van der Waals surface area contributed by atoms with Gasteiger partial charge in [0, 0.05) is 11.8 Å². The summed E-state index contributed by atoms with van der Waals surface area (Å²) in [6.07, 6.45) is 1.58. The van der Waals surface area contributed by atoms with Crippen molar-refractivity contribution in [2.24, 2.45) is 5.73 Å². The summed E-state index contributed by atoms with van der Waals surface area (Å²) >= 11 is 0. The van der Waals surface area contributed by atoms with Gasteiger partial charge in [0.2, 0.25) is 0 Å². The molecular formula is C11H9N4. The average molecular weight is 197 g/mol. The Morgan fingerprint density at radius 3 is 2.87 bits per heavy atom. The molecular weight excluding hydrogens is 188 g/mol. The molecule has 0 aliphatic carbocycles. The number of benzene rings is 1. The second-order valence-corrected chi connectivity index (χ2v) is 2.96. The maximum atomic E-state index is 7.24. The minimum absolute atomic E-state index is 0.132. The van der Waals surface area contributed by atoms with E-state index in [1.807, 2.05) is 24.3 Å². The maximum absolute atomic E-state index is 7.24. The minimum atomic E-state index is -0.132. The van der Waals surface area contributed by atoms with Gasteiger partial charge in [-0.05, 0) is 12.1 Å². The Morgan fingerprint density at radius 1 is 1.33 bits per heavy atom. The van der Waals surface area contributed by atoms with Crippen molar-refractivity contribution in [3.8, 4) is 11.3 Å². The first-order valence-corrected chi connectivity index (χ1v) is 4.42. The summed E-state index contributed by atoms with van der Waals surface area (Å²) in [4.78, 5) is 8.04.